The van der Waals surface area contributed by atoms with Gasteiger partial charge in [0.1, 0.15) is 5.40 Å². The van der Waals surface area contributed by atoms with Gasteiger partial charge in [0.05, 0.1) is 10.7 Å². The van der Waals surface area contributed by atoms with Gasteiger partial charge in [-0.15, -0.1) is 0 Å². The van der Waals surface area contributed by atoms with E-state index >= 15 is 0 Å². The van der Waals surface area contributed by atoms with E-state index in [2.05, 4.69) is 10.6 Å². The Balaban J connectivity index is 1.99. The number of anilines is 2. The molecule has 0 fully saturated rings. The van der Waals surface area contributed by atoms with E-state index in [4.69, 9.17) is 28.5 Å². The molecule has 2 rings (SSSR count). The van der Waals surface area contributed by atoms with Crippen molar-refractivity contribution in [2.24, 2.45) is 0 Å². The second-order valence-electron chi connectivity index (χ2n) is 4.25. The molecular formula is C15H9Cl2N3O2S. The van der Waals surface area contributed by atoms with E-state index in [1.807, 2.05) is 5.40 Å². The average Bonchev–Trinajstić information content (AvgIpc) is 2.52. The Labute approximate surface area is 146 Å². The Morgan fingerprint density at radius 2 is 1.65 bits per heavy atom. The van der Waals surface area contributed by atoms with E-state index in [9.17, 15) is 9.59 Å². The lowest BCUT2D eigenvalue weighted by molar-refractivity contribution is -0.132. The number of hydrogen-bond acceptors (Lipinski definition) is 4. The standard InChI is InChI=1S/C15H9Cl2N3O2S/c16-9-1-6-13(12(17)7-9)20-15(22)14(21)19-10-2-4-11(5-3-10)23-8-18/h1-7H,(H,19,21)(H,20,22). The molecule has 0 aliphatic carbocycles. The Bertz CT molecular complexity index is 788. The lowest BCUT2D eigenvalue weighted by Crippen LogP contribution is -2.29. The molecule has 2 aromatic carbocycles. The minimum absolute atomic E-state index is 0.233. The number of thiocyanates is 1. The van der Waals surface area contributed by atoms with E-state index in [1.165, 1.54) is 12.1 Å². The number of hydrogen-bond donors (Lipinski definition) is 2. The Hall–Kier alpha value is -2.20. The van der Waals surface area contributed by atoms with Gasteiger partial charge in [-0.1, -0.05) is 23.2 Å². The van der Waals surface area contributed by atoms with Crippen LogP contribution < -0.4 is 10.6 Å². The highest BCUT2D eigenvalue weighted by atomic mass is 35.5. The predicted octanol–water partition coefficient (Wildman–Crippen LogP) is 4.14. The minimum Gasteiger partial charge on any atom is -0.318 e. The molecule has 0 atom stereocenters. The first kappa shape index (κ1) is 17.2. The summed E-state index contributed by atoms with van der Waals surface area (Å²) in [4.78, 5) is 24.5. The molecule has 2 amide bonds. The molecule has 0 aromatic heterocycles. The van der Waals surface area contributed by atoms with Crippen LogP contribution in [0.5, 0.6) is 0 Å². The maximum absolute atomic E-state index is 11.9. The van der Waals surface area contributed by atoms with Crippen molar-refractivity contribution >= 4 is 58.2 Å². The van der Waals surface area contributed by atoms with Crippen molar-refractivity contribution in [3.8, 4) is 5.40 Å². The molecule has 8 heteroatoms. The van der Waals surface area contributed by atoms with E-state index in [1.54, 1.807) is 30.3 Å². The van der Waals surface area contributed by atoms with Crippen LogP contribution in [0.1, 0.15) is 0 Å². The van der Waals surface area contributed by atoms with Crippen LogP contribution in [0, 0.1) is 10.7 Å². The first-order valence-corrected chi connectivity index (χ1v) is 7.80. The molecule has 2 N–H and O–H groups in total. The van der Waals surface area contributed by atoms with Crippen molar-refractivity contribution in [2.45, 2.75) is 4.90 Å². The van der Waals surface area contributed by atoms with Crippen LogP contribution >= 0.6 is 35.0 Å². The maximum Gasteiger partial charge on any atom is 0.314 e. The van der Waals surface area contributed by atoms with Gasteiger partial charge in [-0.3, -0.25) is 9.59 Å². The van der Waals surface area contributed by atoms with Crippen LogP contribution in [0.25, 0.3) is 0 Å². The summed E-state index contributed by atoms with van der Waals surface area (Å²) < 4.78 is 0. The molecule has 0 saturated carbocycles. The number of nitrogens with one attached hydrogen (secondary N) is 2. The summed E-state index contributed by atoms with van der Waals surface area (Å²) in [7, 11) is 0. The molecule has 0 unspecified atom stereocenters. The number of nitriles is 1. The maximum atomic E-state index is 11.9. The first-order valence-electron chi connectivity index (χ1n) is 6.23. The summed E-state index contributed by atoms with van der Waals surface area (Å²) in [6.07, 6.45) is 0. The summed E-state index contributed by atoms with van der Waals surface area (Å²) in [6.45, 7) is 0. The Kier molecular flexibility index (Phi) is 5.88. The van der Waals surface area contributed by atoms with Crippen molar-refractivity contribution in [3.63, 3.8) is 0 Å². The molecule has 0 aliphatic heterocycles. The van der Waals surface area contributed by atoms with Gasteiger partial charge in [-0.05, 0) is 54.2 Å². The van der Waals surface area contributed by atoms with Gasteiger partial charge in [0, 0.05) is 15.6 Å². The zero-order valence-corrected chi connectivity index (χ0v) is 13.8. The first-order chi connectivity index (χ1) is 11.0. The summed E-state index contributed by atoms with van der Waals surface area (Å²) in [6, 6.07) is 11.0. The number of halogens is 2. The number of nitrogens with zero attached hydrogens (tertiary/aromatic N) is 1. The van der Waals surface area contributed by atoms with Crippen LogP contribution in [0.15, 0.2) is 47.4 Å². The molecule has 0 bridgehead atoms. The smallest absolute Gasteiger partial charge is 0.314 e. The Morgan fingerprint density at radius 3 is 2.26 bits per heavy atom. The monoisotopic (exact) mass is 365 g/mol. The number of benzene rings is 2. The van der Waals surface area contributed by atoms with Gasteiger partial charge >= 0.3 is 11.8 Å². The molecule has 116 valence electrons. The van der Waals surface area contributed by atoms with Crippen LogP contribution in [-0.2, 0) is 9.59 Å². The van der Waals surface area contributed by atoms with Crippen molar-refractivity contribution in [2.75, 3.05) is 10.6 Å². The van der Waals surface area contributed by atoms with Gasteiger partial charge in [0.2, 0.25) is 0 Å². The second-order valence-corrected chi connectivity index (χ2v) is 5.95. The normalized spacial score (nSPS) is 9.78. The second kappa shape index (κ2) is 7.88. The molecule has 2 aromatic rings. The van der Waals surface area contributed by atoms with Crippen molar-refractivity contribution in [1.29, 1.82) is 5.26 Å². The third-order valence-electron chi connectivity index (χ3n) is 2.66. The molecule has 0 saturated heterocycles. The number of amides is 2. The van der Waals surface area contributed by atoms with Crippen LogP contribution in [0.4, 0.5) is 11.4 Å². The molecule has 0 heterocycles. The molecule has 5 nitrogen and oxygen atoms in total. The molecule has 23 heavy (non-hydrogen) atoms. The van der Waals surface area contributed by atoms with E-state index in [0.717, 1.165) is 16.7 Å². The van der Waals surface area contributed by atoms with E-state index < -0.39 is 11.8 Å². The molecule has 0 aliphatic rings. The fourth-order valence-electron chi connectivity index (χ4n) is 1.62. The SMILES string of the molecule is N#CSc1ccc(NC(=O)C(=O)Nc2ccc(Cl)cc2Cl)cc1. The van der Waals surface area contributed by atoms with Crippen molar-refractivity contribution in [3.05, 3.63) is 52.5 Å². The van der Waals surface area contributed by atoms with Gasteiger partial charge in [-0.2, -0.15) is 5.26 Å². The topological polar surface area (TPSA) is 82.0 Å². The van der Waals surface area contributed by atoms with Gasteiger partial charge in [0.25, 0.3) is 0 Å². The highest BCUT2D eigenvalue weighted by molar-refractivity contribution is 8.03. The lowest BCUT2D eigenvalue weighted by atomic mass is 10.3. The highest BCUT2D eigenvalue weighted by Gasteiger charge is 2.15. The van der Waals surface area contributed by atoms with E-state index in [-0.39, 0.29) is 10.7 Å². The van der Waals surface area contributed by atoms with Crippen LogP contribution in [-0.4, -0.2) is 11.8 Å². The third kappa shape index (κ3) is 4.89. The van der Waals surface area contributed by atoms with Crippen LogP contribution in [0.2, 0.25) is 10.0 Å². The summed E-state index contributed by atoms with van der Waals surface area (Å²) in [5.41, 5.74) is 0.728. The number of rotatable bonds is 3. The summed E-state index contributed by atoms with van der Waals surface area (Å²) >= 11 is 12.7. The lowest BCUT2D eigenvalue weighted by Gasteiger charge is -2.08. The fourth-order valence-corrected chi connectivity index (χ4v) is 2.45. The van der Waals surface area contributed by atoms with Crippen LogP contribution in [0.3, 0.4) is 0 Å². The van der Waals surface area contributed by atoms with Gasteiger partial charge in [-0.25, -0.2) is 0 Å². The zero-order valence-electron chi connectivity index (χ0n) is 11.5. The zero-order chi connectivity index (χ0) is 16.8. The highest BCUT2D eigenvalue weighted by Crippen LogP contribution is 2.25. The predicted molar refractivity (Wildman–Crippen MR) is 91.6 cm³/mol. The third-order valence-corrected chi connectivity index (χ3v) is 3.81. The van der Waals surface area contributed by atoms with E-state index in [0.29, 0.717) is 10.7 Å². The quantitative estimate of drug-likeness (QED) is 0.486. The van der Waals surface area contributed by atoms with Crippen molar-refractivity contribution < 1.29 is 9.59 Å². The van der Waals surface area contributed by atoms with Gasteiger partial charge in [0.15, 0.2) is 0 Å². The Morgan fingerprint density at radius 1 is 1.00 bits per heavy atom. The number of carbonyl (C=O) groups is 2. The summed E-state index contributed by atoms with van der Waals surface area (Å²) in [5.74, 6) is -1.69. The minimum atomic E-state index is -0.857. The number of thioether (sulfide) groups is 1. The van der Waals surface area contributed by atoms with Gasteiger partial charge < -0.3 is 10.6 Å². The number of carbonyl (C=O) groups excluding carboxylic acids is 2. The summed E-state index contributed by atoms with van der Waals surface area (Å²) in [5, 5.41) is 16.0. The largest absolute Gasteiger partial charge is 0.318 e. The molecule has 0 radical (unpaired) electrons. The van der Waals surface area contributed by atoms with Crippen molar-refractivity contribution in [1.82, 2.24) is 0 Å². The molecule has 0 spiro atoms. The average molecular weight is 366 g/mol. The molecular weight excluding hydrogens is 357 g/mol. The fraction of sp³-hybridized carbons (Fsp3) is 0.